The number of hydrogen-bond acceptors (Lipinski definition) is 5. The first kappa shape index (κ1) is 19.4. The van der Waals surface area contributed by atoms with E-state index in [0.29, 0.717) is 36.8 Å². The molecule has 1 saturated heterocycles. The Hall–Kier alpha value is -2.96. The van der Waals surface area contributed by atoms with E-state index in [1.807, 2.05) is 34.2 Å². The Morgan fingerprint density at radius 3 is 2.86 bits per heavy atom. The number of hydrogen-bond donors (Lipinski definition) is 0. The van der Waals surface area contributed by atoms with Gasteiger partial charge in [0.1, 0.15) is 5.75 Å². The van der Waals surface area contributed by atoms with Crippen molar-refractivity contribution in [3.63, 3.8) is 0 Å². The predicted molar refractivity (Wildman–Crippen MR) is 107 cm³/mol. The second kappa shape index (κ2) is 8.19. The number of rotatable bonds is 3. The topological polar surface area (TPSA) is 75.6 Å². The summed E-state index contributed by atoms with van der Waals surface area (Å²) in [7, 11) is 1.60. The van der Waals surface area contributed by atoms with Gasteiger partial charge in [0.15, 0.2) is 5.82 Å². The van der Waals surface area contributed by atoms with Crippen LogP contribution >= 0.6 is 0 Å². The summed E-state index contributed by atoms with van der Waals surface area (Å²) in [5, 5.41) is 0. The molecule has 0 aliphatic carbocycles. The number of carbonyl (C=O) groups excluding carboxylic acids is 2. The Balaban J connectivity index is 1.59. The zero-order valence-electron chi connectivity index (χ0n) is 16.9. The number of piperidine rings is 1. The van der Waals surface area contributed by atoms with Crippen LogP contribution in [0, 0.1) is 0 Å². The fraction of sp³-hybridized carbons (Fsp3) is 0.455. The highest BCUT2D eigenvalue weighted by Gasteiger charge is 2.32. The molecule has 1 atom stereocenters. The first-order chi connectivity index (χ1) is 14.1. The van der Waals surface area contributed by atoms with E-state index in [2.05, 4.69) is 4.98 Å². The molecule has 152 valence electrons. The number of likely N-dealkylation sites (tertiary alicyclic amines) is 1. The maximum Gasteiger partial charge on any atom is 0.254 e. The minimum Gasteiger partial charge on any atom is -0.497 e. The van der Waals surface area contributed by atoms with E-state index < -0.39 is 0 Å². The summed E-state index contributed by atoms with van der Waals surface area (Å²) in [6, 6.07) is 7.14. The van der Waals surface area contributed by atoms with Crippen molar-refractivity contribution in [2.75, 3.05) is 20.2 Å². The summed E-state index contributed by atoms with van der Waals surface area (Å²) in [6.07, 6.45) is 5.43. The molecule has 1 aromatic carbocycles. The standard InChI is InChI=1S/C22H26N4O3/c1-15(27)25-11-9-19-17(14-25)13-23-21(24-19)20-8-3-4-10-26(20)22(28)16-6-5-7-18(12-16)29-2/h5-7,12-13,20H,3-4,8-11,14H2,1-2H3. The average molecular weight is 394 g/mol. The van der Waals surface area contributed by atoms with E-state index in [1.54, 1.807) is 20.1 Å². The summed E-state index contributed by atoms with van der Waals surface area (Å²) in [4.78, 5) is 38.0. The van der Waals surface area contributed by atoms with Crippen LogP contribution in [0.15, 0.2) is 30.5 Å². The molecule has 3 heterocycles. The van der Waals surface area contributed by atoms with Gasteiger partial charge in [-0.3, -0.25) is 9.59 Å². The number of ether oxygens (including phenoxy) is 1. The Bertz CT molecular complexity index is 930. The van der Waals surface area contributed by atoms with E-state index >= 15 is 0 Å². The van der Waals surface area contributed by atoms with Gasteiger partial charge in [-0.2, -0.15) is 0 Å². The lowest BCUT2D eigenvalue weighted by Gasteiger charge is -2.35. The molecule has 0 spiro atoms. The zero-order chi connectivity index (χ0) is 20.4. The van der Waals surface area contributed by atoms with E-state index in [1.165, 1.54) is 0 Å². The van der Waals surface area contributed by atoms with Gasteiger partial charge < -0.3 is 14.5 Å². The first-order valence-corrected chi connectivity index (χ1v) is 10.1. The molecule has 0 N–H and O–H groups in total. The predicted octanol–water partition coefficient (Wildman–Crippen LogP) is 2.76. The van der Waals surface area contributed by atoms with Gasteiger partial charge in [0.2, 0.25) is 5.91 Å². The average Bonchev–Trinajstić information content (AvgIpc) is 2.77. The highest BCUT2D eigenvalue weighted by Crippen LogP contribution is 2.31. The summed E-state index contributed by atoms with van der Waals surface area (Å²) in [6.45, 7) is 3.52. The lowest BCUT2D eigenvalue weighted by molar-refractivity contribution is -0.129. The summed E-state index contributed by atoms with van der Waals surface area (Å²) >= 11 is 0. The number of benzene rings is 1. The summed E-state index contributed by atoms with van der Waals surface area (Å²) in [5.41, 5.74) is 2.61. The summed E-state index contributed by atoms with van der Waals surface area (Å²) < 4.78 is 5.27. The van der Waals surface area contributed by atoms with Gasteiger partial charge in [0.25, 0.3) is 5.91 Å². The van der Waals surface area contributed by atoms with Crippen LogP contribution in [0.25, 0.3) is 0 Å². The molecule has 2 aliphatic heterocycles. The summed E-state index contributed by atoms with van der Waals surface area (Å²) in [5.74, 6) is 1.43. The van der Waals surface area contributed by atoms with Crippen LogP contribution in [-0.2, 0) is 17.8 Å². The van der Waals surface area contributed by atoms with Gasteiger partial charge in [-0.15, -0.1) is 0 Å². The van der Waals surface area contributed by atoms with E-state index in [-0.39, 0.29) is 17.9 Å². The van der Waals surface area contributed by atoms with Crippen molar-refractivity contribution in [1.82, 2.24) is 19.8 Å². The fourth-order valence-electron chi connectivity index (χ4n) is 4.13. The maximum atomic E-state index is 13.2. The highest BCUT2D eigenvalue weighted by atomic mass is 16.5. The normalized spacial score (nSPS) is 18.9. The molecule has 0 bridgehead atoms. The highest BCUT2D eigenvalue weighted by molar-refractivity contribution is 5.95. The van der Waals surface area contributed by atoms with E-state index in [0.717, 1.165) is 36.9 Å². The SMILES string of the molecule is COc1cccc(C(=O)N2CCCCC2c2ncc3c(n2)CCN(C(C)=O)C3)c1. The van der Waals surface area contributed by atoms with Crippen LogP contribution in [0.1, 0.15) is 59.7 Å². The van der Waals surface area contributed by atoms with Crippen LogP contribution in [0.5, 0.6) is 5.75 Å². The number of nitrogens with zero attached hydrogens (tertiary/aromatic N) is 4. The van der Waals surface area contributed by atoms with Crippen molar-refractivity contribution in [1.29, 1.82) is 0 Å². The number of fused-ring (bicyclic) bond motifs is 1. The van der Waals surface area contributed by atoms with Gasteiger partial charge in [-0.05, 0) is 37.5 Å². The van der Waals surface area contributed by atoms with Gasteiger partial charge in [-0.25, -0.2) is 9.97 Å². The van der Waals surface area contributed by atoms with Gasteiger partial charge in [0, 0.05) is 50.3 Å². The number of methoxy groups -OCH3 is 1. The van der Waals surface area contributed by atoms with Crippen molar-refractivity contribution in [3.8, 4) is 5.75 Å². The Morgan fingerprint density at radius 1 is 1.21 bits per heavy atom. The van der Waals surface area contributed by atoms with Crippen molar-refractivity contribution in [2.24, 2.45) is 0 Å². The van der Waals surface area contributed by atoms with Crippen molar-refractivity contribution >= 4 is 11.8 Å². The van der Waals surface area contributed by atoms with Crippen molar-refractivity contribution in [3.05, 3.63) is 53.1 Å². The second-order valence-corrected chi connectivity index (χ2v) is 7.63. The molecule has 2 aliphatic rings. The smallest absolute Gasteiger partial charge is 0.254 e. The Morgan fingerprint density at radius 2 is 2.07 bits per heavy atom. The quantitative estimate of drug-likeness (QED) is 0.800. The maximum absolute atomic E-state index is 13.2. The van der Waals surface area contributed by atoms with Crippen LogP contribution in [0.3, 0.4) is 0 Å². The fourth-order valence-corrected chi connectivity index (χ4v) is 4.13. The zero-order valence-corrected chi connectivity index (χ0v) is 16.9. The molecule has 1 unspecified atom stereocenters. The second-order valence-electron chi connectivity index (χ2n) is 7.63. The molecule has 0 saturated carbocycles. The molecule has 1 aromatic heterocycles. The van der Waals surface area contributed by atoms with Crippen LogP contribution < -0.4 is 4.74 Å². The van der Waals surface area contributed by atoms with Gasteiger partial charge in [0.05, 0.1) is 18.8 Å². The van der Waals surface area contributed by atoms with Gasteiger partial charge in [-0.1, -0.05) is 6.07 Å². The van der Waals surface area contributed by atoms with Crippen LogP contribution in [-0.4, -0.2) is 51.8 Å². The molecule has 29 heavy (non-hydrogen) atoms. The van der Waals surface area contributed by atoms with E-state index in [9.17, 15) is 9.59 Å². The Kier molecular flexibility index (Phi) is 5.47. The minimum atomic E-state index is -0.126. The molecule has 2 aromatic rings. The minimum absolute atomic E-state index is 0.0160. The van der Waals surface area contributed by atoms with Gasteiger partial charge >= 0.3 is 0 Å². The number of amides is 2. The lowest BCUT2D eigenvalue weighted by Crippen LogP contribution is -2.40. The lowest BCUT2D eigenvalue weighted by atomic mass is 9.99. The molecular formula is C22H26N4O3. The van der Waals surface area contributed by atoms with E-state index in [4.69, 9.17) is 9.72 Å². The monoisotopic (exact) mass is 394 g/mol. The molecule has 7 heteroatoms. The molecule has 4 rings (SSSR count). The molecular weight excluding hydrogens is 368 g/mol. The molecule has 2 amide bonds. The van der Waals surface area contributed by atoms with Crippen molar-refractivity contribution < 1.29 is 14.3 Å². The van der Waals surface area contributed by atoms with Crippen molar-refractivity contribution in [2.45, 2.75) is 45.2 Å². The van der Waals surface area contributed by atoms with Crippen LogP contribution in [0.4, 0.5) is 0 Å². The largest absolute Gasteiger partial charge is 0.497 e. The molecule has 7 nitrogen and oxygen atoms in total. The third-order valence-corrected chi connectivity index (χ3v) is 5.78. The third kappa shape index (κ3) is 3.95. The van der Waals surface area contributed by atoms with Crippen LogP contribution in [0.2, 0.25) is 0 Å². The molecule has 0 radical (unpaired) electrons. The number of carbonyl (C=O) groups is 2. The number of aromatic nitrogens is 2. The third-order valence-electron chi connectivity index (χ3n) is 5.78. The first-order valence-electron chi connectivity index (χ1n) is 10.1. The Labute approximate surface area is 170 Å². The molecule has 1 fully saturated rings.